The number of aromatic nitrogens is 6. The Morgan fingerprint density at radius 1 is 0.326 bits per heavy atom. The van der Waals surface area contributed by atoms with Crippen molar-refractivity contribution in [1.29, 1.82) is 1.28 Å². The Hall–Kier alpha value is -10.2. The van der Waals surface area contributed by atoms with Crippen LogP contribution in [0.1, 0.15) is 0 Å². The first-order valence-corrected chi connectivity index (χ1v) is 38.1. The number of hydrogen-bond acceptors (Lipinski definition) is 6. The topological polar surface area (TPSA) is 96.8 Å². The van der Waals surface area contributed by atoms with Gasteiger partial charge >= 0.3 is 0 Å². The summed E-state index contributed by atoms with van der Waals surface area (Å²) < 4.78 is 50.3. The number of imidazole rings is 3. The molecule has 1 atom stereocenters. The van der Waals surface area contributed by atoms with Gasteiger partial charge in [-0.25, -0.2) is 15.0 Å². The van der Waals surface area contributed by atoms with Crippen LogP contribution in [0.15, 0.2) is 352 Å². The minimum Gasteiger partial charge on any atom is -0.456 e. The maximum atomic E-state index is 15.2. The van der Waals surface area contributed by atoms with E-state index in [1.165, 1.54) is 0 Å². The minimum absolute atomic E-state index is 0.462. The van der Waals surface area contributed by atoms with Gasteiger partial charge in [-0.1, -0.05) is 259 Å². The smallest absolute Gasteiger partial charge is 0.174 e. The van der Waals surface area contributed by atoms with Crippen molar-refractivity contribution in [3.8, 4) is 62.7 Å². The van der Waals surface area contributed by atoms with Crippen LogP contribution >= 0.6 is 42.4 Å². The van der Waals surface area contributed by atoms with E-state index in [0.717, 1.165) is 106 Å². The summed E-state index contributed by atoms with van der Waals surface area (Å²) in [5, 5.41) is 4.04. The van der Waals surface area contributed by atoms with Crippen LogP contribution in [0.2, 0.25) is 0 Å². The maximum Gasteiger partial charge on any atom is 0.174 e. The number of hydrogen-bond donors (Lipinski definition) is 0. The molecule has 0 amide bonds. The Morgan fingerprint density at radius 2 is 0.547 bits per heavy atom. The normalized spacial score (nSPS) is 11.9. The third kappa shape index (κ3) is 12.4. The zero-order valence-electron chi connectivity index (χ0n) is 52.2. The van der Waals surface area contributed by atoms with Crippen molar-refractivity contribution in [2.24, 2.45) is 0 Å². The van der Waals surface area contributed by atoms with Gasteiger partial charge in [0.05, 0.1) is 45.0 Å². The molecule has 1 unspecified atom stereocenters. The Morgan fingerprint density at radius 3 is 0.821 bits per heavy atom. The molecule has 0 aliphatic carbocycles. The molecule has 3 aromatic heterocycles. The summed E-state index contributed by atoms with van der Waals surface area (Å²) in [6.07, 6.45) is 0. The fraction of sp³-hybridized carbons (Fsp3) is 0. The number of para-hydroxylation sites is 11. The molecule has 0 aliphatic heterocycles. The second-order valence-corrected chi connectivity index (χ2v) is 29.6. The molecule has 0 N–H and O–H groups in total. The van der Waals surface area contributed by atoms with E-state index < -0.39 is 20.3 Å². The number of nitrogens with zero attached hydrogens (tertiary/aromatic N) is 6. The first kappa shape index (κ1) is 61.0. The predicted octanol–water partition coefficient (Wildman–Crippen LogP) is 18.6. The molecule has 456 valence electrons. The van der Waals surface area contributed by atoms with Crippen LogP contribution in [-0.2, 0) is 9.13 Å². The Bertz CT molecular complexity index is 4910. The van der Waals surface area contributed by atoms with Gasteiger partial charge in [-0.2, -0.15) is 0 Å². The van der Waals surface area contributed by atoms with Gasteiger partial charge in [-0.05, 0) is 115 Å². The molecule has 16 rings (SSSR count). The van der Waals surface area contributed by atoms with Crippen LogP contribution in [0.25, 0.3) is 84.3 Å². The van der Waals surface area contributed by atoms with Crippen LogP contribution < -0.4 is 36.6 Å². The Kier molecular flexibility index (Phi) is 18.1. The average Bonchev–Trinajstić information content (AvgIpc) is 1.20. The van der Waals surface area contributed by atoms with Gasteiger partial charge in [-0.15, -0.1) is 6.05 Å². The van der Waals surface area contributed by atoms with Crippen LogP contribution in [0.5, 0.6) is 11.5 Å². The van der Waals surface area contributed by atoms with Gasteiger partial charge < -0.3 is 13.9 Å². The largest absolute Gasteiger partial charge is 0.456 e. The van der Waals surface area contributed by atoms with E-state index in [2.05, 4.69) is 159 Å². The van der Waals surface area contributed by atoms with E-state index in [4.69, 9.17) is 28.5 Å². The molecular formula is C81H59BIN6O3P3. The summed E-state index contributed by atoms with van der Waals surface area (Å²) in [5.74, 6) is 3.45. The first-order chi connectivity index (χ1) is 47.1. The second kappa shape index (κ2) is 28.1. The number of rotatable bonds is 14. The van der Waals surface area contributed by atoms with Gasteiger partial charge in [0.2, 0.25) is 0 Å². The molecule has 95 heavy (non-hydrogen) atoms. The third-order valence-corrected chi connectivity index (χ3v) is 22.7. The number of halogens is 1. The van der Waals surface area contributed by atoms with Crippen LogP contribution in [0, 0.1) is 0 Å². The van der Waals surface area contributed by atoms with Crippen molar-refractivity contribution in [3.05, 3.63) is 352 Å². The molecule has 14 heteroatoms. The quantitative estimate of drug-likeness (QED) is 0.0611. The molecule has 0 spiro atoms. The average molecular weight is 1400 g/mol. The monoisotopic (exact) mass is 1400 g/mol. The molecular weight excluding hydrogens is 1340 g/mol. The lowest BCUT2D eigenvalue weighted by Crippen LogP contribution is -2.27. The molecule has 0 saturated heterocycles. The van der Waals surface area contributed by atoms with Gasteiger partial charge in [0.1, 0.15) is 36.5 Å². The highest BCUT2D eigenvalue weighted by molar-refractivity contribution is 14.2. The number of fused-ring (bicyclic) bond motifs is 3. The number of benzene rings is 13. The van der Waals surface area contributed by atoms with E-state index in [0.29, 0.717) is 22.1 Å². The predicted molar refractivity (Wildman–Crippen MR) is 406 cm³/mol. The molecule has 0 bridgehead atoms. The molecule has 2 radical (unpaired) electrons. The molecule has 0 fully saturated rings. The first-order valence-electron chi connectivity index (χ1n) is 31.3. The lowest BCUT2D eigenvalue weighted by molar-refractivity contribution is 0.489. The van der Waals surface area contributed by atoms with Crippen LogP contribution in [-0.4, -0.2) is 37.5 Å². The van der Waals surface area contributed by atoms with Gasteiger partial charge in [0.15, 0.2) is 14.3 Å². The lowest BCUT2D eigenvalue weighted by atomic mass is 10.0. The van der Waals surface area contributed by atoms with Crippen molar-refractivity contribution in [2.75, 3.05) is 0 Å². The molecule has 0 saturated carbocycles. The zero-order chi connectivity index (χ0) is 65.4. The van der Waals surface area contributed by atoms with Crippen molar-refractivity contribution < 1.29 is 13.9 Å². The Labute approximate surface area is 569 Å². The third-order valence-electron chi connectivity index (χ3n) is 16.5. The van der Waals surface area contributed by atoms with E-state index in [1.807, 2.05) is 228 Å². The fourth-order valence-electron chi connectivity index (χ4n) is 12.3. The summed E-state index contributed by atoms with van der Waals surface area (Å²) in [4.78, 5) is 15.9. The fourth-order valence-corrected chi connectivity index (χ4v) is 17.9. The van der Waals surface area contributed by atoms with Crippen LogP contribution in [0.4, 0.5) is 0 Å². The van der Waals surface area contributed by atoms with E-state index >= 15 is 9.13 Å². The standard InChI is InChI=1S/C45H30N6.C36H28O3P2.BHIP/c1-4-16-34(17-5-1)49-40-25-13-10-22-37(40)46-43(49)31-28-32(44-47-38-23-11-14-26-41(38)50(44)35-18-6-2-7-19-35)30-33(29-31)45-48-39-24-12-15-27-42(39)51(45)36-20-8-3-9-21-36;37-40(29-17-5-1-6-18-29,30-19-7-2-8-20-30)35-27-15-13-25-33(35)39-34-26-14-16-28-36(34)41(38,31-21-9-3-10-22-31)32-23-11-4-12-24-32;1-3-2/h1-30H;1-28H;3H/i;;3T. The molecule has 0 aliphatic rings. The highest BCUT2D eigenvalue weighted by Crippen LogP contribution is 2.49. The van der Waals surface area contributed by atoms with E-state index in [9.17, 15) is 0 Å². The summed E-state index contributed by atoms with van der Waals surface area (Å²) >= 11 is 1.85. The summed E-state index contributed by atoms with van der Waals surface area (Å²) in [6.45, 7) is 0. The van der Waals surface area contributed by atoms with Gasteiger partial charge in [0.25, 0.3) is 0 Å². The SMILES string of the molecule is O=P(c1ccccc1)(c1ccccc1)c1ccccc1Oc1ccccc1P(=O)(c1ccccc1)c1ccccc1.[3H]P([B])I.c1ccc(-n2c(-c3cc(-c4nc5ccccc5n4-c4ccccc4)cc(-c4nc5ccccc5n4-c4ccccc4)c3)nc3ccccc32)cc1. The number of ether oxygens (including phenoxy) is 1. The van der Waals surface area contributed by atoms with Crippen molar-refractivity contribution >= 4 is 115 Å². The summed E-state index contributed by atoms with van der Waals surface area (Å²) in [5.41, 5.74) is 11.9. The summed E-state index contributed by atoms with van der Waals surface area (Å²) in [7, 11) is -1.80. The van der Waals surface area contributed by atoms with Crippen LogP contribution in [0.3, 0.4) is 0 Å². The zero-order valence-corrected chi connectivity index (χ0v) is 56.0. The van der Waals surface area contributed by atoms with Gasteiger partial charge in [-0.3, -0.25) is 13.7 Å². The highest BCUT2D eigenvalue weighted by Gasteiger charge is 2.36. The van der Waals surface area contributed by atoms with Crippen molar-refractivity contribution in [1.82, 2.24) is 28.7 Å². The molecule has 3 heterocycles. The lowest BCUT2D eigenvalue weighted by Gasteiger charge is -2.25. The second-order valence-electron chi connectivity index (χ2n) is 22.3. The van der Waals surface area contributed by atoms with E-state index in [-0.39, 0.29) is 0 Å². The molecule has 13 aromatic carbocycles. The molecule has 16 aromatic rings. The molecule has 9 nitrogen and oxygen atoms in total. The minimum atomic E-state index is -3.32. The van der Waals surface area contributed by atoms with Crippen molar-refractivity contribution in [2.45, 2.75) is 0 Å². The summed E-state index contributed by atoms with van der Waals surface area (Å²) in [6, 6.07) is 115. The maximum absolute atomic E-state index is 15.2. The van der Waals surface area contributed by atoms with Crippen molar-refractivity contribution in [3.63, 3.8) is 0 Å². The van der Waals surface area contributed by atoms with Gasteiger partial charge in [0, 0.05) is 55.0 Å². The Balaban J connectivity index is 0.000000160. The highest BCUT2D eigenvalue weighted by atomic mass is 127. The van der Waals surface area contributed by atoms with E-state index in [1.54, 1.807) is 0 Å².